The predicted molar refractivity (Wildman–Crippen MR) is 99.0 cm³/mol. The number of carbonyl (C=O) groups is 1. The molecular weight excluding hydrogens is 326 g/mol. The smallest absolute Gasteiger partial charge is 0.338 e. The minimum Gasteiger partial charge on any atom is -0.465 e. The van der Waals surface area contributed by atoms with Crippen molar-refractivity contribution in [2.45, 2.75) is 6.04 Å². The molecule has 4 rings (SSSR count). The zero-order chi connectivity index (χ0) is 17.9. The average molecular weight is 343 g/mol. The first-order valence-corrected chi connectivity index (χ1v) is 8.29. The van der Waals surface area contributed by atoms with E-state index in [0.717, 1.165) is 22.3 Å². The molecule has 0 radical (unpaired) electrons. The molecule has 4 aromatic rings. The van der Waals surface area contributed by atoms with Crippen LogP contribution in [0.2, 0.25) is 0 Å². The summed E-state index contributed by atoms with van der Waals surface area (Å²) in [5.74, 6) is -0.369. The molecule has 0 spiro atoms. The fourth-order valence-electron chi connectivity index (χ4n) is 3.20. The summed E-state index contributed by atoms with van der Waals surface area (Å²) in [7, 11) is 1.39. The summed E-state index contributed by atoms with van der Waals surface area (Å²) in [6, 6.07) is 20.8. The number of methoxy groups -OCH3 is 1. The molecule has 0 saturated carbocycles. The quantitative estimate of drug-likeness (QED) is 0.528. The van der Waals surface area contributed by atoms with Gasteiger partial charge in [0, 0.05) is 6.20 Å². The zero-order valence-corrected chi connectivity index (χ0v) is 14.2. The molecule has 0 fully saturated rings. The number of hydrogen-bond donors (Lipinski definition) is 0. The fourth-order valence-corrected chi connectivity index (χ4v) is 3.20. The first-order chi connectivity index (χ1) is 12.8. The number of aromatic nitrogens is 3. The highest BCUT2D eigenvalue weighted by Gasteiger charge is 2.24. The number of nitrogens with zero attached hydrogens (tertiary/aromatic N) is 3. The number of hydrogen-bond acceptors (Lipinski definition) is 4. The lowest BCUT2D eigenvalue weighted by atomic mass is 9.97. The summed E-state index contributed by atoms with van der Waals surface area (Å²) in [5.41, 5.74) is 4.03. The Balaban J connectivity index is 1.98. The highest BCUT2D eigenvalue weighted by molar-refractivity contribution is 5.91. The first kappa shape index (κ1) is 16.0. The second-order valence-electron chi connectivity index (χ2n) is 5.88. The predicted octanol–water partition coefficient (Wildman–Crippen LogP) is 3.86. The van der Waals surface area contributed by atoms with Crippen molar-refractivity contribution in [3.8, 4) is 0 Å². The monoisotopic (exact) mass is 343 g/mol. The molecule has 26 heavy (non-hydrogen) atoms. The molecule has 128 valence electrons. The van der Waals surface area contributed by atoms with E-state index in [2.05, 4.69) is 9.97 Å². The van der Waals surface area contributed by atoms with Crippen LogP contribution < -0.4 is 0 Å². The van der Waals surface area contributed by atoms with Gasteiger partial charge in [0.25, 0.3) is 0 Å². The molecule has 0 amide bonds. The number of imidazole rings is 1. The van der Waals surface area contributed by atoms with Gasteiger partial charge in [-0.1, -0.05) is 36.4 Å². The highest BCUT2D eigenvalue weighted by atomic mass is 16.5. The lowest BCUT2D eigenvalue weighted by Gasteiger charge is -2.21. The molecule has 0 N–H and O–H groups in total. The van der Waals surface area contributed by atoms with Gasteiger partial charge in [0.1, 0.15) is 6.04 Å². The zero-order valence-electron chi connectivity index (χ0n) is 14.2. The van der Waals surface area contributed by atoms with E-state index in [1.165, 1.54) is 7.11 Å². The normalized spacial score (nSPS) is 12.0. The molecule has 0 aliphatic rings. The van der Waals surface area contributed by atoms with E-state index in [0.29, 0.717) is 5.56 Å². The maximum absolute atomic E-state index is 12.3. The van der Waals surface area contributed by atoms with Crippen LogP contribution in [-0.4, -0.2) is 27.6 Å². The number of ether oxygens (including phenoxy) is 1. The van der Waals surface area contributed by atoms with Crippen molar-refractivity contribution < 1.29 is 9.53 Å². The summed E-state index contributed by atoms with van der Waals surface area (Å²) in [5, 5.41) is 0. The molecule has 0 bridgehead atoms. The van der Waals surface area contributed by atoms with Crippen LogP contribution in [0.5, 0.6) is 0 Å². The summed E-state index contributed by atoms with van der Waals surface area (Å²) < 4.78 is 7.02. The molecule has 1 atom stereocenters. The van der Waals surface area contributed by atoms with E-state index in [1.54, 1.807) is 18.6 Å². The number of carbonyl (C=O) groups excluding carboxylic acids is 1. The molecule has 2 aromatic carbocycles. The van der Waals surface area contributed by atoms with Crippen LogP contribution in [0.3, 0.4) is 0 Å². The summed E-state index contributed by atoms with van der Waals surface area (Å²) in [4.78, 5) is 21.4. The molecule has 0 aliphatic carbocycles. The molecule has 2 heterocycles. The van der Waals surface area contributed by atoms with Crippen molar-refractivity contribution in [3.05, 3.63) is 96.1 Å². The standard InChI is InChI=1S/C21H17N3O2/c1-26-21(25)16-9-3-2-8-15(16)20(18-11-6-7-13-22-18)24-14-23-17-10-4-5-12-19(17)24/h2-14,20H,1H3. The molecule has 2 aromatic heterocycles. The van der Waals surface area contributed by atoms with Gasteiger partial charge in [-0.3, -0.25) is 4.98 Å². The van der Waals surface area contributed by atoms with Crippen molar-refractivity contribution in [1.82, 2.24) is 14.5 Å². The third kappa shape index (κ3) is 2.73. The maximum Gasteiger partial charge on any atom is 0.338 e. The van der Waals surface area contributed by atoms with Crippen molar-refractivity contribution in [1.29, 1.82) is 0 Å². The lowest BCUT2D eigenvalue weighted by molar-refractivity contribution is 0.0599. The van der Waals surface area contributed by atoms with E-state index >= 15 is 0 Å². The number of benzene rings is 2. The Morgan fingerprint density at radius 3 is 2.54 bits per heavy atom. The van der Waals surface area contributed by atoms with Gasteiger partial charge in [-0.05, 0) is 35.9 Å². The highest BCUT2D eigenvalue weighted by Crippen LogP contribution is 2.31. The SMILES string of the molecule is COC(=O)c1ccccc1C(c1ccccn1)n1cnc2ccccc21. The minimum atomic E-state index is -0.369. The van der Waals surface area contributed by atoms with Crippen LogP contribution >= 0.6 is 0 Å². The topological polar surface area (TPSA) is 57.0 Å². The van der Waals surface area contributed by atoms with Crippen LogP contribution in [0, 0.1) is 0 Å². The minimum absolute atomic E-state index is 0.293. The van der Waals surface area contributed by atoms with Crippen LogP contribution in [-0.2, 0) is 4.74 Å². The van der Waals surface area contributed by atoms with Crippen molar-refractivity contribution in [2.24, 2.45) is 0 Å². The number of rotatable bonds is 4. The van der Waals surface area contributed by atoms with Gasteiger partial charge in [-0.2, -0.15) is 0 Å². The Morgan fingerprint density at radius 1 is 0.962 bits per heavy atom. The number of para-hydroxylation sites is 2. The number of pyridine rings is 1. The Bertz CT molecular complexity index is 1060. The van der Waals surface area contributed by atoms with Gasteiger partial charge in [0.05, 0.1) is 35.7 Å². The lowest BCUT2D eigenvalue weighted by Crippen LogP contribution is -2.17. The molecule has 0 saturated heterocycles. The maximum atomic E-state index is 12.3. The van der Waals surface area contributed by atoms with Gasteiger partial charge in [-0.15, -0.1) is 0 Å². The largest absolute Gasteiger partial charge is 0.465 e. The van der Waals surface area contributed by atoms with Crippen LogP contribution in [0.15, 0.2) is 79.3 Å². The van der Waals surface area contributed by atoms with Crippen molar-refractivity contribution in [2.75, 3.05) is 7.11 Å². The molecule has 0 aliphatic heterocycles. The van der Waals surface area contributed by atoms with E-state index < -0.39 is 0 Å². The Kier molecular flexibility index (Phi) is 4.19. The van der Waals surface area contributed by atoms with Crippen molar-refractivity contribution in [3.63, 3.8) is 0 Å². The van der Waals surface area contributed by atoms with E-state index in [4.69, 9.17) is 4.74 Å². The summed E-state index contributed by atoms with van der Waals surface area (Å²) >= 11 is 0. The molecule has 1 unspecified atom stereocenters. The average Bonchev–Trinajstić information content (AvgIpc) is 3.13. The van der Waals surface area contributed by atoms with E-state index in [1.807, 2.05) is 65.2 Å². The third-order valence-electron chi connectivity index (χ3n) is 4.39. The fraction of sp³-hybridized carbons (Fsp3) is 0.0952. The van der Waals surface area contributed by atoms with Crippen LogP contribution in [0.4, 0.5) is 0 Å². The van der Waals surface area contributed by atoms with E-state index in [-0.39, 0.29) is 12.0 Å². The summed E-state index contributed by atoms with van der Waals surface area (Å²) in [6.07, 6.45) is 3.54. The summed E-state index contributed by atoms with van der Waals surface area (Å²) in [6.45, 7) is 0. The van der Waals surface area contributed by atoms with Gasteiger partial charge in [0.2, 0.25) is 0 Å². The number of fused-ring (bicyclic) bond motifs is 1. The van der Waals surface area contributed by atoms with Crippen LogP contribution in [0.25, 0.3) is 11.0 Å². The Hall–Kier alpha value is -3.47. The van der Waals surface area contributed by atoms with Crippen molar-refractivity contribution >= 4 is 17.0 Å². The van der Waals surface area contributed by atoms with Gasteiger partial charge >= 0.3 is 5.97 Å². The third-order valence-corrected chi connectivity index (χ3v) is 4.39. The second-order valence-corrected chi connectivity index (χ2v) is 5.88. The molecular formula is C21H17N3O2. The molecule has 5 nitrogen and oxygen atoms in total. The van der Waals surface area contributed by atoms with E-state index in [9.17, 15) is 4.79 Å². The first-order valence-electron chi connectivity index (χ1n) is 8.29. The van der Waals surface area contributed by atoms with Crippen LogP contribution in [0.1, 0.15) is 27.7 Å². The van der Waals surface area contributed by atoms with Gasteiger partial charge in [-0.25, -0.2) is 9.78 Å². The Morgan fingerprint density at radius 2 is 1.73 bits per heavy atom. The second kappa shape index (κ2) is 6.80. The van der Waals surface area contributed by atoms with Gasteiger partial charge in [0.15, 0.2) is 0 Å². The number of esters is 1. The Labute approximate surface area is 150 Å². The van der Waals surface area contributed by atoms with Gasteiger partial charge < -0.3 is 9.30 Å². The molecule has 5 heteroatoms.